The van der Waals surface area contributed by atoms with E-state index in [1.54, 1.807) is 0 Å². The van der Waals surface area contributed by atoms with E-state index in [1.165, 1.54) is 44.8 Å². The predicted molar refractivity (Wildman–Crippen MR) is 75.5 cm³/mol. The molecule has 2 fully saturated rings. The fourth-order valence-electron chi connectivity index (χ4n) is 3.62. The zero-order valence-electron chi connectivity index (χ0n) is 11.5. The molecule has 2 atom stereocenters. The van der Waals surface area contributed by atoms with E-state index < -0.39 is 9.84 Å². The van der Waals surface area contributed by atoms with Crippen LogP contribution in [-0.2, 0) is 9.84 Å². The van der Waals surface area contributed by atoms with Gasteiger partial charge in [0.25, 0.3) is 0 Å². The second-order valence-electron chi connectivity index (χ2n) is 6.15. The highest BCUT2D eigenvalue weighted by Gasteiger charge is 2.34. The summed E-state index contributed by atoms with van der Waals surface area (Å²) in [4.78, 5) is 0. The Morgan fingerprint density at radius 3 is 2.39 bits per heavy atom. The fourth-order valence-corrected chi connectivity index (χ4v) is 5.04. The molecule has 2 saturated carbocycles. The smallest absolute Gasteiger partial charge is 0.151 e. The highest BCUT2D eigenvalue weighted by atomic mass is 32.2. The second kappa shape index (κ2) is 6.38. The van der Waals surface area contributed by atoms with Gasteiger partial charge in [0, 0.05) is 12.3 Å². The summed E-state index contributed by atoms with van der Waals surface area (Å²) in [6, 6.07) is 0.212. The topological polar surface area (TPSA) is 46.2 Å². The molecule has 0 aliphatic heterocycles. The first-order valence-corrected chi connectivity index (χ1v) is 9.45. The van der Waals surface area contributed by atoms with Gasteiger partial charge < -0.3 is 5.32 Å². The lowest BCUT2D eigenvalue weighted by Crippen LogP contribution is -2.40. The molecule has 2 aliphatic carbocycles. The molecule has 3 nitrogen and oxygen atoms in total. The van der Waals surface area contributed by atoms with Crippen LogP contribution in [-0.4, -0.2) is 32.5 Å². The number of sulfone groups is 1. The van der Waals surface area contributed by atoms with Crippen molar-refractivity contribution in [3.8, 4) is 0 Å². The molecule has 2 aliphatic rings. The highest BCUT2D eigenvalue weighted by Crippen LogP contribution is 2.27. The Morgan fingerprint density at radius 1 is 1.00 bits per heavy atom. The lowest BCUT2D eigenvalue weighted by molar-refractivity contribution is 0.327. The van der Waals surface area contributed by atoms with Crippen LogP contribution in [0.2, 0.25) is 0 Å². The Balaban J connectivity index is 1.72. The predicted octanol–water partition coefficient (Wildman–Crippen LogP) is 2.51. The van der Waals surface area contributed by atoms with Crippen molar-refractivity contribution in [2.75, 3.05) is 12.8 Å². The zero-order valence-corrected chi connectivity index (χ0v) is 12.3. The van der Waals surface area contributed by atoms with Crippen molar-refractivity contribution < 1.29 is 8.42 Å². The minimum absolute atomic E-state index is 0.135. The van der Waals surface area contributed by atoms with Crippen molar-refractivity contribution in [3.05, 3.63) is 0 Å². The van der Waals surface area contributed by atoms with Gasteiger partial charge in [0.1, 0.15) is 0 Å². The van der Waals surface area contributed by atoms with Gasteiger partial charge in [-0.2, -0.15) is 0 Å². The minimum Gasteiger partial charge on any atom is -0.313 e. The maximum Gasteiger partial charge on any atom is 0.151 e. The summed E-state index contributed by atoms with van der Waals surface area (Å²) >= 11 is 0. The fraction of sp³-hybridized carbons (Fsp3) is 1.00. The van der Waals surface area contributed by atoms with Gasteiger partial charge in [0.2, 0.25) is 0 Å². The Kier molecular flexibility index (Phi) is 5.07. The maximum atomic E-state index is 11.7. The maximum absolute atomic E-state index is 11.7. The molecular formula is C14H27NO2S. The molecular weight excluding hydrogens is 246 g/mol. The third-order valence-electron chi connectivity index (χ3n) is 4.69. The Bertz CT molecular complexity index is 347. The largest absolute Gasteiger partial charge is 0.313 e. The van der Waals surface area contributed by atoms with E-state index in [1.807, 2.05) is 0 Å². The average Bonchev–Trinajstić information content (AvgIpc) is 2.78. The normalized spacial score (nSPS) is 30.7. The SMILES string of the molecule is CS(=O)(=O)C1CCCC1NCCC1CCCCC1. The number of hydrogen-bond acceptors (Lipinski definition) is 3. The van der Waals surface area contributed by atoms with Gasteiger partial charge in [-0.1, -0.05) is 38.5 Å². The summed E-state index contributed by atoms with van der Waals surface area (Å²) in [6.07, 6.45) is 12.5. The van der Waals surface area contributed by atoms with Gasteiger partial charge >= 0.3 is 0 Å². The quantitative estimate of drug-likeness (QED) is 0.837. The van der Waals surface area contributed by atoms with Gasteiger partial charge in [-0.3, -0.25) is 0 Å². The van der Waals surface area contributed by atoms with Gasteiger partial charge in [-0.15, -0.1) is 0 Å². The van der Waals surface area contributed by atoms with Crippen molar-refractivity contribution in [2.24, 2.45) is 5.92 Å². The molecule has 0 aromatic heterocycles. The molecule has 0 aromatic carbocycles. The third-order valence-corrected chi connectivity index (χ3v) is 6.35. The summed E-state index contributed by atoms with van der Waals surface area (Å²) in [5, 5.41) is 3.37. The summed E-state index contributed by atoms with van der Waals surface area (Å²) < 4.78 is 23.3. The molecule has 0 saturated heterocycles. The van der Waals surface area contributed by atoms with Crippen molar-refractivity contribution in [1.82, 2.24) is 5.32 Å². The van der Waals surface area contributed by atoms with Gasteiger partial charge in [0.05, 0.1) is 5.25 Å². The van der Waals surface area contributed by atoms with E-state index >= 15 is 0 Å². The zero-order chi connectivity index (χ0) is 13.0. The number of hydrogen-bond donors (Lipinski definition) is 1. The summed E-state index contributed by atoms with van der Waals surface area (Å²) in [5.41, 5.74) is 0. The minimum atomic E-state index is -2.87. The van der Waals surface area contributed by atoms with E-state index in [9.17, 15) is 8.42 Å². The van der Waals surface area contributed by atoms with Gasteiger partial charge in [-0.25, -0.2) is 8.42 Å². The molecule has 0 spiro atoms. The molecule has 0 radical (unpaired) electrons. The number of nitrogens with one attached hydrogen (secondary N) is 1. The Hall–Kier alpha value is -0.0900. The monoisotopic (exact) mass is 273 g/mol. The molecule has 106 valence electrons. The van der Waals surface area contributed by atoms with E-state index in [-0.39, 0.29) is 11.3 Å². The molecule has 0 amide bonds. The van der Waals surface area contributed by atoms with Crippen molar-refractivity contribution in [3.63, 3.8) is 0 Å². The first-order valence-electron chi connectivity index (χ1n) is 7.49. The first kappa shape index (κ1) is 14.3. The molecule has 2 rings (SSSR count). The van der Waals surface area contributed by atoms with Crippen molar-refractivity contribution in [2.45, 2.75) is 69.1 Å². The van der Waals surface area contributed by atoms with Crippen LogP contribution in [0.25, 0.3) is 0 Å². The first-order chi connectivity index (χ1) is 8.57. The lowest BCUT2D eigenvalue weighted by Gasteiger charge is -2.24. The van der Waals surface area contributed by atoms with Crippen molar-refractivity contribution >= 4 is 9.84 Å². The van der Waals surface area contributed by atoms with E-state index in [0.717, 1.165) is 31.7 Å². The summed E-state index contributed by atoms with van der Waals surface area (Å²) in [7, 11) is -2.87. The molecule has 0 aromatic rings. The van der Waals surface area contributed by atoms with Crippen molar-refractivity contribution in [1.29, 1.82) is 0 Å². The molecule has 0 heterocycles. The van der Waals surface area contributed by atoms with Gasteiger partial charge in [0.15, 0.2) is 9.84 Å². The summed E-state index contributed by atoms with van der Waals surface area (Å²) in [5.74, 6) is 0.879. The van der Waals surface area contributed by atoms with Crippen LogP contribution in [0, 0.1) is 5.92 Å². The van der Waals surface area contributed by atoms with Gasteiger partial charge in [-0.05, 0) is 31.7 Å². The van der Waals surface area contributed by atoms with E-state index in [2.05, 4.69) is 5.32 Å². The van der Waals surface area contributed by atoms with Crippen LogP contribution in [0.15, 0.2) is 0 Å². The third kappa shape index (κ3) is 3.95. The second-order valence-corrected chi connectivity index (χ2v) is 8.42. The molecule has 4 heteroatoms. The molecule has 2 unspecified atom stereocenters. The standard InChI is InChI=1S/C14H27NO2S/c1-18(16,17)14-9-5-8-13(14)15-11-10-12-6-3-2-4-7-12/h12-15H,2-11H2,1H3. The lowest BCUT2D eigenvalue weighted by atomic mass is 9.87. The highest BCUT2D eigenvalue weighted by molar-refractivity contribution is 7.91. The van der Waals surface area contributed by atoms with E-state index in [0.29, 0.717) is 0 Å². The van der Waals surface area contributed by atoms with Crippen LogP contribution >= 0.6 is 0 Å². The van der Waals surface area contributed by atoms with Crippen LogP contribution < -0.4 is 5.32 Å². The molecule has 1 N–H and O–H groups in total. The Morgan fingerprint density at radius 2 is 1.72 bits per heavy atom. The Labute approximate surface area is 112 Å². The summed E-state index contributed by atoms with van der Waals surface area (Å²) in [6.45, 7) is 1.00. The number of rotatable bonds is 5. The van der Waals surface area contributed by atoms with Crippen LogP contribution in [0.4, 0.5) is 0 Å². The van der Waals surface area contributed by atoms with E-state index in [4.69, 9.17) is 0 Å². The van der Waals surface area contributed by atoms with Crippen LogP contribution in [0.1, 0.15) is 57.8 Å². The molecule has 18 heavy (non-hydrogen) atoms. The van der Waals surface area contributed by atoms with Crippen LogP contribution in [0.3, 0.4) is 0 Å². The van der Waals surface area contributed by atoms with Crippen LogP contribution in [0.5, 0.6) is 0 Å². The molecule has 0 bridgehead atoms. The average molecular weight is 273 g/mol.